The maximum Gasteiger partial charge on any atom is 0.410 e. The normalized spacial score (nSPS) is 17.6. The molecule has 1 amide bonds. The lowest BCUT2D eigenvalue weighted by molar-refractivity contribution is -0.124. The van der Waals surface area contributed by atoms with Crippen molar-refractivity contribution < 1.29 is 14.3 Å². The standard InChI is InChI=1S/C21H26N2O3S/c1-21(2,3)26-20(25)23-12-8-7-11-17(23)18(24)13-19-22-16(14-27-19)15-9-5-4-6-10-15/h4-6,9-10,14,17H,7-8,11-13H2,1-3H3/t17-/m0/s1. The zero-order valence-corrected chi connectivity index (χ0v) is 16.9. The van der Waals surface area contributed by atoms with E-state index in [1.807, 2.05) is 56.5 Å². The smallest absolute Gasteiger partial charge is 0.410 e. The Balaban J connectivity index is 1.69. The summed E-state index contributed by atoms with van der Waals surface area (Å²) in [6.45, 7) is 6.09. The van der Waals surface area contributed by atoms with Gasteiger partial charge in [0.2, 0.25) is 0 Å². The molecule has 1 atom stereocenters. The molecule has 0 spiro atoms. The molecule has 1 aromatic carbocycles. The van der Waals surface area contributed by atoms with Crippen LogP contribution in [0.1, 0.15) is 45.0 Å². The summed E-state index contributed by atoms with van der Waals surface area (Å²) in [6, 6.07) is 9.50. The van der Waals surface area contributed by atoms with Crippen LogP contribution in [0.25, 0.3) is 11.3 Å². The van der Waals surface area contributed by atoms with Crippen LogP contribution in [-0.2, 0) is 16.0 Å². The van der Waals surface area contributed by atoms with Crippen LogP contribution < -0.4 is 0 Å². The minimum Gasteiger partial charge on any atom is -0.444 e. The molecular formula is C21H26N2O3S. The molecule has 1 aliphatic rings. The Morgan fingerprint density at radius 2 is 1.96 bits per heavy atom. The van der Waals surface area contributed by atoms with Crippen LogP contribution in [0.4, 0.5) is 4.79 Å². The molecule has 2 heterocycles. The molecule has 5 nitrogen and oxygen atoms in total. The predicted octanol–water partition coefficient (Wildman–Crippen LogP) is 4.71. The predicted molar refractivity (Wildman–Crippen MR) is 107 cm³/mol. The highest BCUT2D eigenvalue weighted by Crippen LogP contribution is 2.25. The van der Waals surface area contributed by atoms with Gasteiger partial charge in [-0.25, -0.2) is 9.78 Å². The average Bonchev–Trinajstić information content (AvgIpc) is 3.09. The van der Waals surface area contributed by atoms with E-state index in [4.69, 9.17) is 4.74 Å². The number of likely N-dealkylation sites (tertiary alicyclic amines) is 1. The molecular weight excluding hydrogens is 360 g/mol. The van der Waals surface area contributed by atoms with Gasteiger partial charge in [0.1, 0.15) is 10.6 Å². The number of ether oxygens (including phenoxy) is 1. The minimum absolute atomic E-state index is 0.0366. The number of rotatable bonds is 4. The van der Waals surface area contributed by atoms with Gasteiger partial charge in [-0.3, -0.25) is 9.69 Å². The van der Waals surface area contributed by atoms with Crippen LogP contribution in [0, 0.1) is 0 Å². The summed E-state index contributed by atoms with van der Waals surface area (Å²) < 4.78 is 5.49. The molecule has 1 aromatic heterocycles. The first-order valence-corrected chi connectivity index (χ1v) is 10.2. The molecule has 0 radical (unpaired) electrons. The monoisotopic (exact) mass is 386 g/mol. The molecule has 2 aromatic rings. The first-order valence-electron chi connectivity index (χ1n) is 9.35. The molecule has 3 rings (SSSR count). The summed E-state index contributed by atoms with van der Waals surface area (Å²) in [5, 5.41) is 2.76. The van der Waals surface area contributed by atoms with Crippen LogP contribution in [0.3, 0.4) is 0 Å². The van der Waals surface area contributed by atoms with E-state index in [0.717, 1.165) is 29.1 Å². The summed E-state index contributed by atoms with van der Waals surface area (Å²) in [5.74, 6) is 0.0366. The van der Waals surface area contributed by atoms with E-state index < -0.39 is 17.7 Å². The van der Waals surface area contributed by atoms with Gasteiger partial charge in [-0.1, -0.05) is 30.3 Å². The molecule has 27 heavy (non-hydrogen) atoms. The van der Waals surface area contributed by atoms with Gasteiger partial charge in [0.15, 0.2) is 5.78 Å². The molecule has 1 aliphatic heterocycles. The van der Waals surface area contributed by atoms with Gasteiger partial charge < -0.3 is 4.74 Å². The van der Waals surface area contributed by atoms with E-state index in [9.17, 15) is 9.59 Å². The van der Waals surface area contributed by atoms with E-state index in [2.05, 4.69) is 4.98 Å². The Kier molecular flexibility index (Phi) is 5.95. The summed E-state index contributed by atoms with van der Waals surface area (Å²) in [5.41, 5.74) is 1.36. The number of nitrogens with zero attached hydrogens (tertiary/aromatic N) is 2. The maximum atomic E-state index is 12.9. The first kappa shape index (κ1) is 19.5. The van der Waals surface area contributed by atoms with Gasteiger partial charge in [-0.2, -0.15) is 0 Å². The average molecular weight is 387 g/mol. The van der Waals surface area contributed by atoms with E-state index in [1.54, 1.807) is 4.90 Å². The largest absolute Gasteiger partial charge is 0.444 e. The molecule has 144 valence electrons. The highest BCUT2D eigenvalue weighted by Gasteiger charge is 2.34. The fraction of sp³-hybridized carbons (Fsp3) is 0.476. The highest BCUT2D eigenvalue weighted by molar-refractivity contribution is 7.10. The minimum atomic E-state index is -0.567. The van der Waals surface area contributed by atoms with E-state index in [1.165, 1.54) is 11.3 Å². The quantitative estimate of drug-likeness (QED) is 0.763. The molecule has 0 unspecified atom stereocenters. The first-order chi connectivity index (χ1) is 12.8. The van der Waals surface area contributed by atoms with Crippen molar-refractivity contribution in [3.05, 3.63) is 40.7 Å². The van der Waals surface area contributed by atoms with E-state index in [0.29, 0.717) is 13.0 Å². The lowest BCUT2D eigenvalue weighted by Gasteiger charge is -2.35. The zero-order valence-electron chi connectivity index (χ0n) is 16.1. The SMILES string of the molecule is CC(C)(C)OC(=O)N1CCCC[C@H]1C(=O)Cc1nc(-c2ccccc2)cs1. The van der Waals surface area contributed by atoms with Crippen molar-refractivity contribution >= 4 is 23.2 Å². The van der Waals surface area contributed by atoms with Crippen LogP contribution in [-0.4, -0.2) is 39.9 Å². The Labute approximate surface area is 164 Å². The number of amides is 1. The number of thiazole rings is 1. The van der Waals surface area contributed by atoms with E-state index >= 15 is 0 Å². The van der Waals surface area contributed by atoms with Gasteiger partial charge in [0.25, 0.3) is 0 Å². The van der Waals surface area contributed by atoms with Gasteiger partial charge >= 0.3 is 6.09 Å². The lowest BCUT2D eigenvalue weighted by Crippen LogP contribution is -2.50. The third-order valence-corrected chi connectivity index (χ3v) is 5.30. The van der Waals surface area contributed by atoms with Crippen molar-refractivity contribution in [1.82, 2.24) is 9.88 Å². The van der Waals surface area contributed by atoms with Crippen molar-refractivity contribution in [1.29, 1.82) is 0 Å². The molecule has 0 saturated carbocycles. The van der Waals surface area contributed by atoms with Crippen molar-refractivity contribution in [3.63, 3.8) is 0 Å². The highest BCUT2D eigenvalue weighted by atomic mass is 32.1. The Bertz CT molecular complexity index is 795. The second-order valence-electron chi connectivity index (χ2n) is 7.82. The summed E-state index contributed by atoms with van der Waals surface area (Å²) in [7, 11) is 0. The van der Waals surface area contributed by atoms with Crippen LogP contribution in [0.2, 0.25) is 0 Å². The number of Topliss-reactive ketones (excluding diaryl/α,β-unsaturated/α-hetero) is 1. The van der Waals surface area contributed by atoms with Crippen molar-refractivity contribution in [2.75, 3.05) is 6.54 Å². The summed E-state index contributed by atoms with van der Waals surface area (Å²) in [6.07, 6.45) is 2.39. The summed E-state index contributed by atoms with van der Waals surface area (Å²) in [4.78, 5) is 31.6. The molecule has 1 saturated heterocycles. The summed E-state index contributed by atoms with van der Waals surface area (Å²) >= 11 is 1.49. The third-order valence-electron chi connectivity index (χ3n) is 4.45. The number of hydrogen-bond donors (Lipinski definition) is 0. The van der Waals surface area contributed by atoms with Gasteiger partial charge in [-0.15, -0.1) is 11.3 Å². The molecule has 0 aliphatic carbocycles. The fourth-order valence-electron chi connectivity index (χ4n) is 3.21. The fourth-order valence-corrected chi connectivity index (χ4v) is 4.02. The van der Waals surface area contributed by atoms with Crippen molar-refractivity contribution in [2.45, 2.75) is 58.1 Å². The number of ketones is 1. The Hall–Kier alpha value is -2.21. The maximum absolute atomic E-state index is 12.9. The molecule has 0 bridgehead atoms. The molecule has 1 fully saturated rings. The van der Waals surface area contributed by atoms with Crippen molar-refractivity contribution in [2.24, 2.45) is 0 Å². The second kappa shape index (κ2) is 8.21. The number of aromatic nitrogens is 1. The number of hydrogen-bond acceptors (Lipinski definition) is 5. The Morgan fingerprint density at radius 1 is 1.22 bits per heavy atom. The van der Waals surface area contributed by atoms with Crippen molar-refractivity contribution in [3.8, 4) is 11.3 Å². The molecule has 0 N–H and O–H groups in total. The number of carbonyl (C=O) groups excluding carboxylic acids is 2. The topological polar surface area (TPSA) is 59.5 Å². The van der Waals surface area contributed by atoms with Gasteiger partial charge in [0.05, 0.1) is 18.2 Å². The molecule has 6 heteroatoms. The number of carbonyl (C=O) groups is 2. The van der Waals surface area contributed by atoms with Gasteiger partial charge in [0, 0.05) is 17.5 Å². The lowest BCUT2D eigenvalue weighted by atomic mass is 9.97. The number of benzene rings is 1. The van der Waals surface area contributed by atoms with Gasteiger partial charge in [-0.05, 0) is 40.0 Å². The Morgan fingerprint density at radius 3 is 2.67 bits per heavy atom. The van der Waals surface area contributed by atoms with Crippen LogP contribution in [0.15, 0.2) is 35.7 Å². The number of piperidine rings is 1. The zero-order chi connectivity index (χ0) is 19.4. The van der Waals surface area contributed by atoms with Crippen LogP contribution >= 0.6 is 11.3 Å². The second-order valence-corrected chi connectivity index (χ2v) is 8.76. The van der Waals surface area contributed by atoms with Crippen LogP contribution in [0.5, 0.6) is 0 Å². The third kappa shape index (κ3) is 5.16. The van der Waals surface area contributed by atoms with E-state index in [-0.39, 0.29) is 12.2 Å².